The molecule has 4 nitrogen and oxygen atoms in total. The van der Waals surface area contributed by atoms with Crippen molar-refractivity contribution in [2.75, 3.05) is 0 Å². The number of alkyl halides is 13. The Bertz CT molecular complexity index is 877. The normalized spacial score (nSPS) is 35.1. The highest BCUT2D eigenvalue weighted by Gasteiger charge is 2.97. The van der Waals surface area contributed by atoms with Gasteiger partial charge in [0.15, 0.2) is 5.41 Å². The van der Waals surface area contributed by atoms with E-state index in [1.54, 1.807) is 0 Å². The minimum absolute atomic E-state index is 0.0920. The van der Waals surface area contributed by atoms with E-state index in [0.717, 1.165) is 0 Å². The van der Waals surface area contributed by atoms with Gasteiger partial charge in [0, 0.05) is 5.92 Å². The average molecular weight is 574 g/mol. The standard InChI is InChI=1S/C20H23F13O4/c1-4-12(2,18(25,26)27)11(34)36-17(20(31,32)33)16(23,24)14(35,10-8-6-5-7-9-10)15(21,22)13(3,37-17)19(28,29)30/h10,35H,4-9H2,1-3H3. The third-order valence-corrected chi connectivity index (χ3v) is 7.45. The Morgan fingerprint density at radius 3 is 1.70 bits per heavy atom. The first-order chi connectivity index (χ1) is 16.3. The molecule has 2 fully saturated rings. The van der Waals surface area contributed by atoms with Crippen LogP contribution in [0.5, 0.6) is 0 Å². The fraction of sp³-hybridized carbons (Fsp3) is 0.950. The number of rotatable bonds is 4. The second-order valence-electron chi connectivity index (χ2n) is 9.57. The van der Waals surface area contributed by atoms with E-state index in [4.69, 9.17) is 0 Å². The van der Waals surface area contributed by atoms with Gasteiger partial charge in [0.05, 0.1) is 0 Å². The Morgan fingerprint density at radius 2 is 1.35 bits per heavy atom. The molecule has 0 spiro atoms. The summed E-state index contributed by atoms with van der Waals surface area (Å²) in [7, 11) is 0. The minimum atomic E-state index is -7.06. The van der Waals surface area contributed by atoms with Gasteiger partial charge in [-0.25, -0.2) is 0 Å². The maximum absolute atomic E-state index is 15.7. The van der Waals surface area contributed by atoms with E-state index in [1.807, 2.05) is 0 Å². The van der Waals surface area contributed by atoms with Crippen LogP contribution in [0.15, 0.2) is 0 Å². The number of carbonyl (C=O) groups is 1. The molecule has 1 heterocycles. The Kier molecular flexibility index (Phi) is 7.49. The Labute approximate surface area is 201 Å². The maximum atomic E-state index is 15.7. The number of ether oxygens (including phenoxy) is 2. The van der Waals surface area contributed by atoms with Crippen LogP contribution in [-0.2, 0) is 14.3 Å². The van der Waals surface area contributed by atoms with Gasteiger partial charge in [-0.15, -0.1) is 0 Å². The summed E-state index contributed by atoms with van der Waals surface area (Å²) in [5, 5.41) is 10.7. The van der Waals surface area contributed by atoms with Gasteiger partial charge in [0.2, 0.25) is 11.2 Å². The summed E-state index contributed by atoms with van der Waals surface area (Å²) >= 11 is 0. The van der Waals surface area contributed by atoms with Crippen LogP contribution in [0.3, 0.4) is 0 Å². The van der Waals surface area contributed by atoms with Crippen molar-refractivity contribution in [2.24, 2.45) is 11.3 Å². The molecule has 0 aromatic carbocycles. The summed E-state index contributed by atoms with van der Waals surface area (Å²) in [4.78, 5) is 12.4. The largest absolute Gasteiger partial charge is 0.462 e. The molecule has 0 bridgehead atoms. The summed E-state index contributed by atoms with van der Waals surface area (Å²) in [6.45, 7) is -0.306. The Hall–Kier alpha value is -1.52. The number of esters is 1. The fourth-order valence-electron chi connectivity index (χ4n) is 4.58. The molecule has 1 aliphatic carbocycles. The lowest BCUT2D eigenvalue weighted by Gasteiger charge is -2.61. The summed E-state index contributed by atoms with van der Waals surface area (Å²) < 4.78 is 194. The number of carbonyl (C=O) groups excluding carboxylic acids is 1. The number of hydrogen-bond donors (Lipinski definition) is 1. The smallest absolute Gasteiger partial charge is 0.417 e. The zero-order valence-electron chi connectivity index (χ0n) is 19.4. The van der Waals surface area contributed by atoms with E-state index in [0.29, 0.717) is 6.92 Å². The van der Waals surface area contributed by atoms with Crippen molar-refractivity contribution < 1.29 is 76.5 Å². The van der Waals surface area contributed by atoms with Gasteiger partial charge in [-0.3, -0.25) is 4.79 Å². The van der Waals surface area contributed by atoms with Crippen LogP contribution in [0, 0.1) is 11.3 Å². The SMILES string of the molecule is CCC(C)(C(=O)OC1(C(F)(F)F)OC(C)(C(F)(F)F)C(F)(F)C(O)(C2CCCCC2)C1(F)F)C(F)(F)F. The van der Waals surface area contributed by atoms with E-state index >= 15 is 17.6 Å². The van der Waals surface area contributed by atoms with Crippen LogP contribution >= 0.6 is 0 Å². The average Bonchev–Trinajstić information content (AvgIpc) is 2.74. The minimum Gasteiger partial charge on any atom is -0.417 e. The predicted molar refractivity (Wildman–Crippen MR) is 96.3 cm³/mol. The van der Waals surface area contributed by atoms with E-state index in [1.165, 1.54) is 0 Å². The van der Waals surface area contributed by atoms with Gasteiger partial charge < -0.3 is 14.6 Å². The van der Waals surface area contributed by atoms with Crippen molar-refractivity contribution in [1.82, 2.24) is 0 Å². The first-order valence-corrected chi connectivity index (χ1v) is 10.9. The monoisotopic (exact) mass is 574 g/mol. The highest BCUT2D eigenvalue weighted by atomic mass is 19.4. The molecule has 1 aliphatic heterocycles. The van der Waals surface area contributed by atoms with Crippen molar-refractivity contribution >= 4 is 5.97 Å². The Balaban J connectivity index is 2.98. The van der Waals surface area contributed by atoms with Gasteiger partial charge in [0.1, 0.15) is 0 Å². The molecule has 37 heavy (non-hydrogen) atoms. The summed E-state index contributed by atoms with van der Waals surface area (Å²) in [6, 6.07) is 0. The number of aliphatic hydroxyl groups is 1. The lowest BCUT2D eigenvalue weighted by atomic mass is 9.62. The van der Waals surface area contributed by atoms with Gasteiger partial charge in [-0.2, -0.15) is 57.1 Å². The summed E-state index contributed by atoms with van der Waals surface area (Å²) in [6.07, 6.45) is -23.1. The second-order valence-corrected chi connectivity index (χ2v) is 9.57. The van der Waals surface area contributed by atoms with Crippen LogP contribution in [-0.4, -0.2) is 58.4 Å². The molecule has 0 radical (unpaired) electrons. The topological polar surface area (TPSA) is 55.8 Å². The molecular formula is C20H23F13O4. The first-order valence-electron chi connectivity index (χ1n) is 10.9. The van der Waals surface area contributed by atoms with Gasteiger partial charge in [0.25, 0.3) is 0 Å². The zero-order chi connectivity index (χ0) is 29.3. The van der Waals surface area contributed by atoms with Gasteiger partial charge in [-0.05, 0) is 33.1 Å². The molecule has 17 heteroatoms. The van der Waals surface area contributed by atoms with Crippen LogP contribution < -0.4 is 0 Å². The highest BCUT2D eigenvalue weighted by Crippen LogP contribution is 2.69. The molecule has 2 aliphatic rings. The molecule has 1 saturated carbocycles. The molecule has 0 aromatic heterocycles. The predicted octanol–water partition coefficient (Wildman–Crippen LogP) is 6.70. The fourth-order valence-corrected chi connectivity index (χ4v) is 4.58. The number of halogens is 13. The van der Waals surface area contributed by atoms with E-state index < -0.39 is 90.9 Å². The van der Waals surface area contributed by atoms with Gasteiger partial charge >= 0.3 is 42.1 Å². The summed E-state index contributed by atoms with van der Waals surface area (Å²) in [5.74, 6) is -25.1. The van der Waals surface area contributed by atoms with Crippen LogP contribution in [0.2, 0.25) is 0 Å². The van der Waals surface area contributed by atoms with Crippen molar-refractivity contribution in [3.63, 3.8) is 0 Å². The molecule has 2 rings (SSSR count). The molecule has 218 valence electrons. The Morgan fingerprint density at radius 1 is 0.892 bits per heavy atom. The highest BCUT2D eigenvalue weighted by molar-refractivity contribution is 5.78. The summed E-state index contributed by atoms with van der Waals surface area (Å²) in [5.41, 5.74) is -15.1. The maximum Gasteiger partial charge on any atom is 0.462 e. The van der Waals surface area contributed by atoms with Gasteiger partial charge in [-0.1, -0.05) is 26.2 Å². The first kappa shape index (κ1) is 31.7. The third kappa shape index (κ3) is 3.99. The molecule has 1 saturated heterocycles. The molecule has 4 unspecified atom stereocenters. The van der Waals surface area contributed by atoms with E-state index in [-0.39, 0.29) is 26.2 Å². The molecule has 0 amide bonds. The van der Waals surface area contributed by atoms with E-state index in [2.05, 4.69) is 9.47 Å². The van der Waals surface area contributed by atoms with Crippen molar-refractivity contribution in [1.29, 1.82) is 0 Å². The van der Waals surface area contributed by atoms with Crippen molar-refractivity contribution in [3.8, 4) is 0 Å². The second kappa shape index (κ2) is 8.74. The van der Waals surface area contributed by atoms with Crippen LogP contribution in [0.4, 0.5) is 57.1 Å². The van der Waals surface area contributed by atoms with E-state index in [9.17, 15) is 49.4 Å². The van der Waals surface area contributed by atoms with Crippen LogP contribution in [0.25, 0.3) is 0 Å². The number of hydrogen-bond acceptors (Lipinski definition) is 4. The lowest BCUT2D eigenvalue weighted by molar-refractivity contribution is -0.560. The van der Waals surface area contributed by atoms with Crippen molar-refractivity contribution in [2.45, 2.75) is 107 Å². The molecule has 4 atom stereocenters. The zero-order valence-corrected chi connectivity index (χ0v) is 19.4. The molecule has 1 N–H and O–H groups in total. The lowest BCUT2D eigenvalue weighted by Crippen LogP contribution is -2.88. The molecule has 0 aromatic rings. The third-order valence-electron chi connectivity index (χ3n) is 7.45. The van der Waals surface area contributed by atoms with Crippen molar-refractivity contribution in [3.05, 3.63) is 0 Å². The van der Waals surface area contributed by atoms with Crippen LogP contribution in [0.1, 0.15) is 59.3 Å². The quantitative estimate of drug-likeness (QED) is 0.300. The molecular weight excluding hydrogens is 551 g/mol.